The summed E-state index contributed by atoms with van der Waals surface area (Å²) in [5, 5.41) is 12.5. The van der Waals surface area contributed by atoms with E-state index in [1.54, 1.807) is 24.4 Å². The van der Waals surface area contributed by atoms with Gasteiger partial charge in [0, 0.05) is 17.3 Å². The molecule has 0 aliphatic rings. The van der Waals surface area contributed by atoms with Gasteiger partial charge in [-0.05, 0) is 6.07 Å². The molecule has 0 amide bonds. The number of carboxylic acid groups (broad SMARTS) is 1. The predicted octanol–water partition coefficient (Wildman–Crippen LogP) is 2.16. The van der Waals surface area contributed by atoms with Gasteiger partial charge >= 0.3 is 5.97 Å². The molecule has 1 aromatic heterocycles. The van der Waals surface area contributed by atoms with Crippen LogP contribution in [0.25, 0.3) is 11.1 Å². The summed E-state index contributed by atoms with van der Waals surface area (Å²) in [6.07, 6.45) is 3.17. The normalized spacial score (nSPS) is 10.4. The molecule has 0 saturated carbocycles. The molecular formula is C12H11FN2O2. The van der Waals surface area contributed by atoms with Gasteiger partial charge in [-0.2, -0.15) is 5.10 Å². The van der Waals surface area contributed by atoms with Crippen LogP contribution >= 0.6 is 0 Å². The number of nitrogens with zero attached hydrogens (tertiary/aromatic N) is 2. The fraction of sp³-hybridized carbons (Fsp3) is 0.167. The average Bonchev–Trinajstić information content (AvgIpc) is 2.75. The number of carbonyl (C=O) groups is 1. The maximum Gasteiger partial charge on any atom is 0.305 e. The lowest BCUT2D eigenvalue weighted by atomic mass is 10.1. The van der Waals surface area contributed by atoms with Crippen molar-refractivity contribution >= 4 is 5.97 Å². The van der Waals surface area contributed by atoms with E-state index in [0.29, 0.717) is 11.1 Å². The summed E-state index contributed by atoms with van der Waals surface area (Å²) in [4.78, 5) is 10.4. The van der Waals surface area contributed by atoms with Crippen molar-refractivity contribution in [1.82, 2.24) is 9.78 Å². The van der Waals surface area contributed by atoms with E-state index in [1.807, 2.05) is 0 Å². The summed E-state index contributed by atoms with van der Waals surface area (Å²) in [7, 11) is 0. The number of aryl methyl sites for hydroxylation is 1. The summed E-state index contributed by atoms with van der Waals surface area (Å²) in [6, 6.07) is 6.40. The first-order chi connectivity index (χ1) is 8.16. The summed E-state index contributed by atoms with van der Waals surface area (Å²) >= 11 is 0. The monoisotopic (exact) mass is 234 g/mol. The van der Waals surface area contributed by atoms with Crippen LogP contribution in [0, 0.1) is 5.82 Å². The lowest BCUT2D eigenvalue weighted by Crippen LogP contribution is -2.04. The number of aliphatic carboxylic acids is 1. The van der Waals surface area contributed by atoms with Crippen molar-refractivity contribution in [2.24, 2.45) is 0 Å². The highest BCUT2D eigenvalue weighted by atomic mass is 19.1. The highest BCUT2D eigenvalue weighted by Gasteiger charge is 2.07. The predicted molar refractivity (Wildman–Crippen MR) is 59.9 cm³/mol. The van der Waals surface area contributed by atoms with E-state index in [9.17, 15) is 9.18 Å². The molecule has 4 nitrogen and oxygen atoms in total. The second-order valence-corrected chi connectivity index (χ2v) is 3.62. The van der Waals surface area contributed by atoms with Gasteiger partial charge in [0.1, 0.15) is 5.82 Å². The number of halogens is 1. The van der Waals surface area contributed by atoms with Crippen molar-refractivity contribution in [1.29, 1.82) is 0 Å². The van der Waals surface area contributed by atoms with Gasteiger partial charge in [-0.3, -0.25) is 9.48 Å². The minimum absolute atomic E-state index is 0.00160. The van der Waals surface area contributed by atoms with Crippen LogP contribution in [-0.2, 0) is 11.3 Å². The Morgan fingerprint density at radius 3 is 2.88 bits per heavy atom. The van der Waals surface area contributed by atoms with Gasteiger partial charge in [0.25, 0.3) is 0 Å². The Bertz CT molecular complexity index is 537. The summed E-state index contributed by atoms with van der Waals surface area (Å²) in [5.74, 6) is -1.20. The van der Waals surface area contributed by atoms with Crippen LogP contribution in [-0.4, -0.2) is 20.9 Å². The fourth-order valence-electron chi connectivity index (χ4n) is 1.53. The second kappa shape index (κ2) is 4.78. The minimum Gasteiger partial charge on any atom is -0.481 e. The molecule has 0 spiro atoms. The van der Waals surface area contributed by atoms with Crippen LogP contribution in [0.5, 0.6) is 0 Å². The molecule has 0 fully saturated rings. The quantitative estimate of drug-likeness (QED) is 0.881. The van der Waals surface area contributed by atoms with E-state index in [0.717, 1.165) is 0 Å². The molecule has 0 unspecified atom stereocenters. The van der Waals surface area contributed by atoms with E-state index < -0.39 is 5.97 Å². The lowest BCUT2D eigenvalue weighted by molar-refractivity contribution is -0.137. The number of hydrogen-bond donors (Lipinski definition) is 1. The highest BCUT2D eigenvalue weighted by Crippen LogP contribution is 2.21. The molecule has 1 heterocycles. The Balaban J connectivity index is 2.18. The zero-order valence-electron chi connectivity index (χ0n) is 9.01. The molecule has 0 aliphatic heterocycles. The van der Waals surface area contributed by atoms with Gasteiger partial charge in [-0.1, -0.05) is 18.2 Å². The molecule has 1 aromatic carbocycles. The van der Waals surface area contributed by atoms with Crippen molar-refractivity contribution in [3.8, 4) is 11.1 Å². The van der Waals surface area contributed by atoms with Crippen molar-refractivity contribution in [3.05, 3.63) is 42.5 Å². The molecule has 17 heavy (non-hydrogen) atoms. The first-order valence-electron chi connectivity index (χ1n) is 5.16. The molecule has 88 valence electrons. The van der Waals surface area contributed by atoms with Crippen LogP contribution in [0.3, 0.4) is 0 Å². The zero-order valence-corrected chi connectivity index (χ0v) is 9.01. The molecule has 1 N–H and O–H groups in total. The molecule has 0 bridgehead atoms. The third-order valence-corrected chi connectivity index (χ3v) is 2.37. The van der Waals surface area contributed by atoms with Crippen molar-refractivity contribution in [2.45, 2.75) is 13.0 Å². The van der Waals surface area contributed by atoms with Crippen LogP contribution in [0.1, 0.15) is 6.42 Å². The average molecular weight is 234 g/mol. The Hall–Kier alpha value is -2.17. The molecule has 0 aliphatic carbocycles. The molecule has 0 saturated heterocycles. The molecule has 0 radical (unpaired) electrons. The van der Waals surface area contributed by atoms with Crippen LogP contribution in [0.4, 0.5) is 4.39 Å². The molecular weight excluding hydrogens is 223 g/mol. The van der Waals surface area contributed by atoms with Gasteiger partial charge < -0.3 is 5.11 Å². The molecule has 0 atom stereocenters. The number of rotatable bonds is 4. The van der Waals surface area contributed by atoms with E-state index in [-0.39, 0.29) is 18.8 Å². The minimum atomic E-state index is -0.882. The first kappa shape index (κ1) is 11.3. The Morgan fingerprint density at radius 2 is 2.18 bits per heavy atom. The Kier molecular flexibility index (Phi) is 3.18. The maximum absolute atomic E-state index is 13.5. The summed E-state index contributed by atoms with van der Waals surface area (Å²) in [5.41, 5.74) is 1.11. The number of hydrogen-bond acceptors (Lipinski definition) is 2. The first-order valence-corrected chi connectivity index (χ1v) is 5.16. The summed E-state index contributed by atoms with van der Waals surface area (Å²) < 4.78 is 15.0. The number of carboxylic acids is 1. The highest BCUT2D eigenvalue weighted by molar-refractivity contribution is 5.66. The van der Waals surface area contributed by atoms with Gasteiger partial charge in [0.05, 0.1) is 19.2 Å². The van der Waals surface area contributed by atoms with Gasteiger partial charge in [-0.25, -0.2) is 4.39 Å². The zero-order chi connectivity index (χ0) is 12.3. The Labute approximate surface area is 97.3 Å². The third-order valence-electron chi connectivity index (χ3n) is 2.37. The van der Waals surface area contributed by atoms with Crippen LogP contribution in [0.2, 0.25) is 0 Å². The lowest BCUT2D eigenvalue weighted by Gasteiger charge is -1.99. The molecule has 2 rings (SSSR count). The molecule has 2 aromatic rings. The van der Waals surface area contributed by atoms with Gasteiger partial charge in [-0.15, -0.1) is 0 Å². The van der Waals surface area contributed by atoms with Crippen molar-refractivity contribution in [3.63, 3.8) is 0 Å². The number of benzene rings is 1. The van der Waals surface area contributed by atoms with E-state index in [1.165, 1.54) is 16.9 Å². The standard InChI is InChI=1S/C12H11FN2O2/c13-11-4-2-1-3-10(11)9-7-14-15(8-9)6-5-12(16)17/h1-4,7-8H,5-6H2,(H,16,17). The molecule has 5 heteroatoms. The van der Waals surface area contributed by atoms with Gasteiger partial charge in [0.2, 0.25) is 0 Å². The summed E-state index contributed by atoms with van der Waals surface area (Å²) in [6.45, 7) is 0.282. The Morgan fingerprint density at radius 1 is 1.41 bits per heavy atom. The van der Waals surface area contributed by atoms with E-state index in [4.69, 9.17) is 5.11 Å². The van der Waals surface area contributed by atoms with Gasteiger partial charge in [0.15, 0.2) is 0 Å². The smallest absolute Gasteiger partial charge is 0.305 e. The number of aromatic nitrogens is 2. The largest absolute Gasteiger partial charge is 0.481 e. The second-order valence-electron chi connectivity index (χ2n) is 3.62. The third kappa shape index (κ3) is 2.69. The fourth-order valence-corrected chi connectivity index (χ4v) is 1.53. The van der Waals surface area contributed by atoms with Crippen LogP contribution in [0.15, 0.2) is 36.7 Å². The van der Waals surface area contributed by atoms with Crippen molar-refractivity contribution in [2.75, 3.05) is 0 Å². The van der Waals surface area contributed by atoms with Crippen LogP contribution < -0.4 is 0 Å². The SMILES string of the molecule is O=C(O)CCn1cc(-c2ccccc2F)cn1. The topological polar surface area (TPSA) is 55.1 Å². The van der Waals surface area contributed by atoms with E-state index in [2.05, 4.69) is 5.10 Å². The maximum atomic E-state index is 13.5. The van der Waals surface area contributed by atoms with Crippen molar-refractivity contribution < 1.29 is 14.3 Å². The van der Waals surface area contributed by atoms with E-state index >= 15 is 0 Å².